The Bertz CT molecular complexity index is 807. The Morgan fingerprint density at radius 1 is 1.15 bits per heavy atom. The van der Waals surface area contributed by atoms with E-state index in [0.29, 0.717) is 17.5 Å². The summed E-state index contributed by atoms with van der Waals surface area (Å²) in [4.78, 5) is 34.1. The fraction of sp³-hybridized carbons (Fsp3) is 0.263. The Morgan fingerprint density at radius 2 is 1.85 bits per heavy atom. The lowest BCUT2D eigenvalue weighted by Crippen LogP contribution is -2.44. The SMILES string of the molecule is CC(CNC(=O)CCc1cccc([N+](=O)[O-])c1)(C(=O)O)c1ccccc1. The van der Waals surface area contributed by atoms with Gasteiger partial charge in [-0.1, -0.05) is 42.5 Å². The van der Waals surface area contributed by atoms with E-state index in [2.05, 4.69) is 5.32 Å². The zero-order valence-corrected chi connectivity index (χ0v) is 14.3. The number of nitrogens with one attached hydrogen (secondary N) is 1. The quantitative estimate of drug-likeness (QED) is 0.558. The van der Waals surface area contributed by atoms with Crippen molar-refractivity contribution in [2.24, 2.45) is 0 Å². The van der Waals surface area contributed by atoms with Crippen LogP contribution in [-0.2, 0) is 21.4 Å². The van der Waals surface area contributed by atoms with Crippen LogP contribution >= 0.6 is 0 Å². The van der Waals surface area contributed by atoms with Crippen molar-refractivity contribution in [3.63, 3.8) is 0 Å². The molecule has 26 heavy (non-hydrogen) atoms. The number of non-ortho nitro benzene ring substituents is 1. The number of carbonyl (C=O) groups is 2. The Balaban J connectivity index is 1.96. The highest BCUT2D eigenvalue weighted by molar-refractivity contribution is 5.83. The third kappa shape index (κ3) is 4.66. The Hall–Kier alpha value is -3.22. The zero-order valence-electron chi connectivity index (χ0n) is 14.3. The molecular weight excluding hydrogens is 336 g/mol. The summed E-state index contributed by atoms with van der Waals surface area (Å²) in [5, 5.41) is 23.0. The maximum Gasteiger partial charge on any atom is 0.315 e. The molecule has 7 heteroatoms. The summed E-state index contributed by atoms with van der Waals surface area (Å²) in [7, 11) is 0. The van der Waals surface area contributed by atoms with Crippen LogP contribution in [0, 0.1) is 10.1 Å². The van der Waals surface area contributed by atoms with Crippen molar-refractivity contribution < 1.29 is 19.6 Å². The average Bonchev–Trinajstić information content (AvgIpc) is 2.65. The van der Waals surface area contributed by atoms with E-state index in [1.165, 1.54) is 12.1 Å². The first-order valence-electron chi connectivity index (χ1n) is 8.12. The Kier molecular flexibility index (Phi) is 6.06. The monoisotopic (exact) mass is 356 g/mol. The number of nitro groups is 1. The number of carboxylic acids is 1. The molecule has 0 saturated carbocycles. The van der Waals surface area contributed by atoms with Gasteiger partial charge in [0.2, 0.25) is 5.91 Å². The molecule has 0 fully saturated rings. The minimum Gasteiger partial charge on any atom is -0.481 e. The number of benzene rings is 2. The van der Waals surface area contributed by atoms with Gasteiger partial charge >= 0.3 is 5.97 Å². The molecule has 7 nitrogen and oxygen atoms in total. The number of carbonyl (C=O) groups excluding carboxylic acids is 1. The van der Waals surface area contributed by atoms with Crippen LogP contribution < -0.4 is 5.32 Å². The summed E-state index contributed by atoms with van der Waals surface area (Å²) in [6, 6.07) is 14.8. The van der Waals surface area contributed by atoms with Gasteiger partial charge in [0.1, 0.15) is 5.41 Å². The van der Waals surface area contributed by atoms with Gasteiger partial charge in [0, 0.05) is 25.1 Å². The standard InChI is InChI=1S/C19H20N2O5/c1-19(18(23)24,15-7-3-2-4-8-15)13-20-17(22)11-10-14-6-5-9-16(12-14)21(25)26/h2-9,12H,10-11,13H2,1H3,(H,20,22)(H,23,24). The molecule has 2 aromatic carbocycles. The molecule has 0 heterocycles. The van der Waals surface area contributed by atoms with Gasteiger partial charge in [0.05, 0.1) is 4.92 Å². The van der Waals surface area contributed by atoms with Crippen molar-refractivity contribution in [3.05, 3.63) is 75.8 Å². The normalized spacial score (nSPS) is 12.8. The topological polar surface area (TPSA) is 110 Å². The molecule has 0 bridgehead atoms. The molecule has 1 amide bonds. The van der Waals surface area contributed by atoms with Crippen LogP contribution in [0.3, 0.4) is 0 Å². The van der Waals surface area contributed by atoms with E-state index < -0.39 is 16.3 Å². The lowest BCUT2D eigenvalue weighted by atomic mass is 9.82. The fourth-order valence-electron chi connectivity index (χ4n) is 2.55. The molecule has 2 rings (SSSR count). The number of nitro benzene ring substituents is 1. The summed E-state index contributed by atoms with van der Waals surface area (Å²) < 4.78 is 0. The molecule has 2 N–H and O–H groups in total. The Labute approximate surface area is 150 Å². The molecule has 1 unspecified atom stereocenters. The first-order chi connectivity index (χ1) is 12.3. The molecule has 0 spiro atoms. The van der Waals surface area contributed by atoms with Crippen LogP contribution in [0.2, 0.25) is 0 Å². The van der Waals surface area contributed by atoms with Gasteiger partial charge in [-0.2, -0.15) is 0 Å². The van der Waals surface area contributed by atoms with Crippen LogP contribution in [0.25, 0.3) is 0 Å². The highest BCUT2D eigenvalue weighted by atomic mass is 16.6. The third-order valence-electron chi connectivity index (χ3n) is 4.28. The number of amides is 1. The molecule has 0 aliphatic heterocycles. The number of carboxylic acid groups (broad SMARTS) is 1. The van der Waals surface area contributed by atoms with Crippen molar-refractivity contribution >= 4 is 17.6 Å². The van der Waals surface area contributed by atoms with Crippen LogP contribution in [0.15, 0.2) is 54.6 Å². The number of aryl methyl sites for hydroxylation is 1. The lowest BCUT2D eigenvalue weighted by molar-refractivity contribution is -0.384. The smallest absolute Gasteiger partial charge is 0.315 e. The molecular formula is C19H20N2O5. The highest BCUT2D eigenvalue weighted by Gasteiger charge is 2.35. The van der Waals surface area contributed by atoms with E-state index in [4.69, 9.17) is 0 Å². The van der Waals surface area contributed by atoms with Crippen molar-refractivity contribution in [3.8, 4) is 0 Å². The largest absolute Gasteiger partial charge is 0.481 e. The number of hydrogen-bond acceptors (Lipinski definition) is 4. The molecule has 2 aromatic rings. The van der Waals surface area contributed by atoms with Crippen molar-refractivity contribution in [1.29, 1.82) is 0 Å². The number of aliphatic carboxylic acids is 1. The predicted molar refractivity (Wildman–Crippen MR) is 95.9 cm³/mol. The number of nitrogens with zero attached hydrogens (tertiary/aromatic N) is 1. The average molecular weight is 356 g/mol. The number of rotatable bonds is 8. The second kappa shape index (κ2) is 8.24. The van der Waals surface area contributed by atoms with Gasteiger partial charge in [0.25, 0.3) is 5.69 Å². The molecule has 1 atom stereocenters. The zero-order chi connectivity index (χ0) is 19.2. The van der Waals surface area contributed by atoms with E-state index in [-0.39, 0.29) is 24.6 Å². The summed E-state index contributed by atoms with van der Waals surface area (Å²) >= 11 is 0. The molecule has 0 aromatic heterocycles. The minimum absolute atomic E-state index is 0.0227. The summed E-state index contributed by atoms with van der Waals surface area (Å²) in [5.74, 6) is -1.33. The van der Waals surface area contributed by atoms with Gasteiger partial charge in [-0.05, 0) is 24.5 Å². The van der Waals surface area contributed by atoms with Gasteiger partial charge in [0.15, 0.2) is 0 Å². The Morgan fingerprint density at radius 3 is 2.46 bits per heavy atom. The van der Waals surface area contributed by atoms with Crippen LogP contribution in [0.5, 0.6) is 0 Å². The van der Waals surface area contributed by atoms with E-state index in [1.54, 1.807) is 49.4 Å². The highest BCUT2D eigenvalue weighted by Crippen LogP contribution is 2.23. The van der Waals surface area contributed by atoms with Crippen molar-refractivity contribution in [1.82, 2.24) is 5.32 Å². The fourth-order valence-corrected chi connectivity index (χ4v) is 2.55. The van der Waals surface area contributed by atoms with E-state index >= 15 is 0 Å². The van der Waals surface area contributed by atoms with E-state index in [9.17, 15) is 24.8 Å². The first-order valence-corrected chi connectivity index (χ1v) is 8.12. The second-order valence-corrected chi connectivity index (χ2v) is 6.21. The maximum absolute atomic E-state index is 12.1. The summed E-state index contributed by atoms with van der Waals surface area (Å²) in [5.41, 5.74) is 0.0259. The van der Waals surface area contributed by atoms with Crippen LogP contribution in [0.4, 0.5) is 5.69 Å². The van der Waals surface area contributed by atoms with Gasteiger partial charge in [-0.3, -0.25) is 19.7 Å². The van der Waals surface area contributed by atoms with E-state index in [1.807, 2.05) is 0 Å². The van der Waals surface area contributed by atoms with Gasteiger partial charge in [-0.25, -0.2) is 0 Å². The third-order valence-corrected chi connectivity index (χ3v) is 4.28. The molecule has 0 aliphatic carbocycles. The van der Waals surface area contributed by atoms with Crippen LogP contribution in [0.1, 0.15) is 24.5 Å². The van der Waals surface area contributed by atoms with Crippen molar-refractivity contribution in [2.45, 2.75) is 25.2 Å². The summed E-state index contributed by atoms with van der Waals surface area (Å²) in [6.07, 6.45) is 0.453. The van der Waals surface area contributed by atoms with Crippen LogP contribution in [-0.4, -0.2) is 28.5 Å². The van der Waals surface area contributed by atoms with Gasteiger partial charge < -0.3 is 10.4 Å². The van der Waals surface area contributed by atoms with Gasteiger partial charge in [-0.15, -0.1) is 0 Å². The maximum atomic E-state index is 12.1. The summed E-state index contributed by atoms with van der Waals surface area (Å²) in [6.45, 7) is 1.52. The first kappa shape index (κ1) is 19.1. The second-order valence-electron chi connectivity index (χ2n) is 6.21. The molecule has 0 radical (unpaired) electrons. The molecule has 0 aliphatic rings. The number of hydrogen-bond donors (Lipinski definition) is 2. The molecule has 0 saturated heterocycles. The van der Waals surface area contributed by atoms with Crippen molar-refractivity contribution in [2.75, 3.05) is 6.54 Å². The van der Waals surface area contributed by atoms with E-state index in [0.717, 1.165) is 0 Å². The lowest BCUT2D eigenvalue weighted by Gasteiger charge is -2.25. The molecule has 136 valence electrons. The predicted octanol–water partition coefficient (Wildman–Crippen LogP) is 2.69. The minimum atomic E-state index is -1.23.